The summed E-state index contributed by atoms with van der Waals surface area (Å²) in [6.45, 7) is 0. The molecule has 1 aliphatic heterocycles. The molecule has 3 heterocycles. The number of aliphatic hydroxyl groups is 2. The van der Waals surface area contributed by atoms with E-state index in [0.29, 0.717) is 11.3 Å². The third kappa shape index (κ3) is 5.24. The number of hydrogen-bond donors (Lipinski definition) is 6. The van der Waals surface area contributed by atoms with E-state index >= 15 is 0 Å². The Bertz CT molecular complexity index is 2140. The molecule has 4 aromatic carbocycles. The van der Waals surface area contributed by atoms with Crippen molar-refractivity contribution < 1.29 is 38.8 Å². The van der Waals surface area contributed by atoms with Crippen molar-refractivity contribution in [3.8, 4) is 0 Å². The molecule has 1 saturated heterocycles. The standard InChI is InChI=1S/C28H26ClN5O8P2/c29-28-32-25(31-18-9-7-16-5-4-14-2-1-3-15-6-8-17(18)21(16)20(14)15)22-26(33-28)34(12-30-22)27-24(36)23(35)19(42-27)10-11-43(37,38)13-44(39,40)41/h1-9,12,19,23-24,27,35-36H,10-11,13H2,(H,37,38)(H,31,32,33)(H2,39,40,41)/t19-,23?,24?,27-/m1/s1. The van der Waals surface area contributed by atoms with Gasteiger partial charge in [-0.25, -0.2) is 4.98 Å². The first-order valence-corrected chi connectivity index (χ1v) is 17.8. The Kier molecular flexibility index (Phi) is 7.17. The summed E-state index contributed by atoms with van der Waals surface area (Å²) in [6.07, 6.45) is -4.61. The van der Waals surface area contributed by atoms with Gasteiger partial charge in [-0.15, -0.1) is 0 Å². The number of fused-ring (bicyclic) bond motifs is 1. The number of ether oxygens (including phenoxy) is 1. The third-order valence-corrected chi connectivity index (χ3v) is 12.3. The van der Waals surface area contributed by atoms with Crippen LogP contribution in [0, 0.1) is 0 Å². The van der Waals surface area contributed by atoms with Gasteiger partial charge in [-0.3, -0.25) is 13.7 Å². The van der Waals surface area contributed by atoms with E-state index < -0.39 is 51.6 Å². The molecule has 0 saturated carbocycles. The first kappa shape index (κ1) is 29.5. The van der Waals surface area contributed by atoms with Gasteiger partial charge in [-0.2, -0.15) is 9.97 Å². The number of aromatic nitrogens is 4. The Morgan fingerprint density at radius 2 is 1.59 bits per heavy atom. The second kappa shape index (κ2) is 10.7. The van der Waals surface area contributed by atoms with Gasteiger partial charge in [0, 0.05) is 17.2 Å². The summed E-state index contributed by atoms with van der Waals surface area (Å²) < 4.78 is 30.7. The molecule has 16 heteroatoms. The Morgan fingerprint density at radius 1 is 0.909 bits per heavy atom. The zero-order valence-electron chi connectivity index (χ0n) is 22.7. The Labute approximate surface area is 254 Å². The Hall–Kier alpha value is -3.22. The van der Waals surface area contributed by atoms with Gasteiger partial charge < -0.3 is 34.9 Å². The highest BCUT2D eigenvalue weighted by atomic mass is 35.5. The lowest BCUT2D eigenvalue weighted by Crippen LogP contribution is -2.32. The van der Waals surface area contributed by atoms with Gasteiger partial charge in [-0.05, 0) is 51.0 Å². The highest BCUT2D eigenvalue weighted by Crippen LogP contribution is 2.55. The Balaban J connectivity index is 1.21. The number of imidazole rings is 1. The molecule has 6 aromatic rings. The molecule has 6 N–H and O–H groups in total. The van der Waals surface area contributed by atoms with Crippen molar-refractivity contribution in [2.75, 3.05) is 17.4 Å². The molecule has 7 rings (SSSR count). The van der Waals surface area contributed by atoms with Crippen LogP contribution in [0.2, 0.25) is 5.28 Å². The van der Waals surface area contributed by atoms with E-state index in [1.165, 1.54) is 10.9 Å². The number of aliphatic hydroxyl groups excluding tert-OH is 2. The van der Waals surface area contributed by atoms with Crippen LogP contribution in [0.1, 0.15) is 12.6 Å². The molecule has 13 nitrogen and oxygen atoms in total. The van der Waals surface area contributed by atoms with Crippen molar-refractivity contribution >= 4 is 81.6 Å². The summed E-state index contributed by atoms with van der Waals surface area (Å²) in [4.78, 5) is 41.3. The normalized spacial score (nSPS) is 22.4. The van der Waals surface area contributed by atoms with Crippen molar-refractivity contribution in [3.05, 3.63) is 66.2 Å². The largest absolute Gasteiger partial charge is 0.388 e. The molecule has 0 aliphatic carbocycles. The maximum atomic E-state index is 12.3. The first-order chi connectivity index (χ1) is 20.9. The number of benzene rings is 4. The maximum Gasteiger partial charge on any atom is 0.335 e. The quantitative estimate of drug-likeness (QED) is 0.0760. The number of nitrogens with one attached hydrogen (secondary N) is 1. The molecule has 228 valence electrons. The van der Waals surface area contributed by atoms with Gasteiger partial charge in [0.25, 0.3) is 0 Å². The SMILES string of the molecule is O=P(O)(O)CP(=O)(O)CC[C@H]1O[C@@H](n2cnc3c(Nc4ccc5ccc6cccc7ccc4c5c67)nc(Cl)nc32)C(O)C1O. The van der Waals surface area contributed by atoms with Gasteiger partial charge in [0.1, 0.15) is 18.1 Å². The predicted octanol–water partition coefficient (Wildman–Crippen LogP) is 4.54. The lowest BCUT2D eigenvalue weighted by Gasteiger charge is -2.18. The van der Waals surface area contributed by atoms with E-state index in [0.717, 1.165) is 38.0 Å². The van der Waals surface area contributed by atoms with Crippen molar-refractivity contribution in [2.24, 2.45) is 0 Å². The van der Waals surface area contributed by atoms with Gasteiger partial charge in [0.05, 0.1) is 12.4 Å². The highest BCUT2D eigenvalue weighted by molar-refractivity contribution is 7.72. The molecule has 0 bridgehead atoms. The van der Waals surface area contributed by atoms with Crippen LogP contribution in [0.15, 0.2) is 60.9 Å². The number of nitrogens with zero attached hydrogens (tertiary/aromatic N) is 4. The van der Waals surface area contributed by atoms with Crippen LogP contribution in [0.5, 0.6) is 0 Å². The van der Waals surface area contributed by atoms with Crippen LogP contribution in [0.25, 0.3) is 43.5 Å². The van der Waals surface area contributed by atoms with Gasteiger partial charge in [-0.1, -0.05) is 48.5 Å². The maximum absolute atomic E-state index is 12.3. The minimum Gasteiger partial charge on any atom is -0.388 e. The molecule has 5 atom stereocenters. The molecule has 1 aliphatic rings. The monoisotopic (exact) mass is 657 g/mol. The predicted molar refractivity (Wildman–Crippen MR) is 166 cm³/mol. The molecule has 0 radical (unpaired) electrons. The minimum atomic E-state index is -4.73. The van der Waals surface area contributed by atoms with E-state index in [1.807, 2.05) is 24.3 Å². The van der Waals surface area contributed by atoms with Crippen LogP contribution in [0.4, 0.5) is 11.5 Å². The van der Waals surface area contributed by atoms with Gasteiger partial charge >= 0.3 is 7.60 Å². The fraction of sp³-hybridized carbons (Fsp3) is 0.250. The smallest absolute Gasteiger partial charge is 0.335 e. The van der Waals surface area contributed by atoms with Crippen LogP contribution in [0.3, 0.4) is 0 Å². The van der Waals surface area contributed by atoms with Crippen molar-refractivity contribution in [1.29, 1.82) is 0 Å². The summed E-state index contributed by atoms with van der Waals surface area (Å²) in [7, 11) is -8.95. The lowest BCUT2D eigenvalue weighted by molar-refractivity contribution is -0.0354. The molecular formula is C28H26ClN5O8P2. The number of rotatable bonds is 8. The third-order valence-electron chi connectivity index (χ3n) is 7.96. The first-order valence-electron chi connectivity index (χ1n) is 13.6. The molecule has 0 amide bonds. The fourth-order valence-electron chi connectivity index (χ4n) is 6.02. The van der Waals surface area contributed by atoms with Gasteiger partial charge in [0.2, 0.25) is 12.7 Å². The summed E-state index contributed by atoms with van der Waals surface area (Å²) >= 11 is 6.34. The molecule has 0 spiro atoms. The second-order valence-corrected chi connectivity index (χ2v) is 15.9. The van der Waals surface area contributed by atoms with E-state index in [2.05, 4.69) is 50.6 Å². The van der Waals surface area contributed by atoms with Crippen molar-refractivity contribution in [3.63, 3.8) is 0 Å². The average Bonchev–Trinajstić information content (AvgIpc) is 3.50. The summed E-state index contributed by atoms with van der Waals surface area (Å²) in [6, 6.07) is 18.4. The highest BCUT2D eigenvalue weighted by Gasteiger charge is 2.45. The van der Waals surface area contributed by atoms with E-state index in [9.17, 15) is 24.2 Å². The van der Waals surface area contributed by atoms with Crippen molar-refractivity contribution in [1.82, 2.24) is 19.5 Å². The van der Waals surface area contributed by atoms with E-state index in [1.54, 1.807) is 0 Å². The average molecular weight is 658 g/mol. The van der Waals surface area contributed by atoms with E-state index in [-0.39, 0.29) is 17.4 Å². The number of anilines is 2. The number of hydrogen-bond acceptors (Lipinski definition) is 9. The van der Waals surface area contributed by atoms with Gasteiger partial charge in [0.15, 0.2) is 23.2 Å². The van der Waals surface area contributed by atoms with Crippen LogP contribution in [-0.4, -0.2) is 74.8 Å². The van der Waals surface area contributed by atoms with E-state index in [4.69, 9.17) is 26.1 Å². The zero-order chi connectivity index (χ0) is 31.0. The summed E-state index contributed by atoms with van der Waals surface area (Å²) in [5.74, 6) is -0.879. The summed E-state index contributed by atoms with van der Waals surface area (Å²) in [5, 5.41) is 31.3. The molecule has 2 aromatic heterocycles. The second-order valence-electron chi connectivity index (χ2n) is 11.0. The summed E-state index contributed by atoms with van der Waals surface area (Å²) in [5.41, 5.74) is 1.28. The molecule has 44 heavy (non-hydrogen) atoms. The van der Waals surface area contributed by atoms with Crippen LogP contribution >= 0.6 is 26.6 Å². The molecule has 3 unspecified atom stereocenters. The topological polar surface area (TPSA) is 200 Å². The van der Waals surface area contributed by atoms with Crippen molar-refractivity contribution in [2.45, 2.75) is 31.0 Å². The zero-order valence-corrected chi connectivity index (χ0v) is 25.3. The molecule has 1 fully saturated rings. The Morgan fingerprint density at radius 3 is 2.32 bits per heavy atom. The fourth-order valence-corrected chi connectivity index (χ4v) is 9.71. The number of halogens is 1. The minimum absolute atomic E-state index is 0.109. The lowest BCUT2D eigenvalue weighted by atomic mass is 9.93. The van der Waals surface area contributed by atoms with Crippen LogP contribution < -0.4 is 5.32 Å². The molecular weight excluding hydrogens is 632 g/mol. The van der Waals surface area contributed by atoms with Crippen LogP contribution in [-0.2, 0) is 13.9 Å².